The van der Waals surface area contributed by atoms with Crippen LogP contribution in [-0.2, 0) is 13.8 Å². The second-order valence-corrected chi connectivity index (χ2v) is 15.7. The minimum Gasteiger partial charge on any atom is -0.461 e. The molecule has 4 aromatic rings. The Morgan fingerprint density at radius 3 is 2.12 bits per heavy atom. The van der Waals surface area contributed by atoms with Gasteiger partial charge in [-0.1, -0.05) is 86.6 Å². The lowest BCUT2D eigenvalue weighted by molar-refractivity contribution is -0.384. The molecule has 3 heterocycles. The van der Waals surface area contributed by atoms with Gasteiger partial charge in [-0.15, -0.1) is 0 Å². The maximum atomic E-state index is 14.0. The van der Waals surface area contributed by atoms with Gasteiger partial charge in [0, 0.05) is 50.3 Å². The van der Waals surface area contributed by atoms with Crippen LogP contribution in [0.4, 0.5) is 5.69 Å². The summed E-state index contributed by atoms with van der Waals surface area (Å²) in [6.45, 7) is 11.8. The summed E-state index contributed by atoms with van der Waals surface area (Å²) in [7, 11) is -3.72. The van der Waals surface area contributed by atoms with Gasteiger partial charge in [-0.2, -0.15) is 13.9 Å². The lowest BCUT2D eigenvalue weighted by Gasteiger charge is -2.39. The van der Waals surface area contributed by atoms with Crippen molar-refractivity contribution in [3.05, 3.63) is 123 Å². The first-order chi connectivity index (χ1) is 24.0. The van der Waals surface area contributed by atoms with Crippen LogP contribution in [-0.4, -0.2) is 83.1 Å². The highest BCUT2D eigenvalue weighted by Gasteiger charge is 2.55. The highest BCUT2D eigenvalue weighted by Crippen LogP contribution is 2.62. The Hall–Kier alpha value is -4.09. The number of nitro benzene ring substituents is 1. The van der Waals surface area contributed by atoms with Crippen molar-refractivity contribution >= 4 is 24.9 Å². The molecule has 12 heteroatoms. The van der Waals surface area contributed by atoms with Crippen molar-refractivity contribution in [3.8, 4) is 11.1 Å². The number of piperazine rings is 1. The first-order valence-electron chi connectivity index (χ1n) is 16.9. The lowest BCUT2D eigenvalue weighted by Crippen LogP contribution is -2.48. The third-order valence-corrected chi connectivity index (χ3v) is 11.3. The van der Waals surface area contributed by atoms with E-state index in [4.69, 9.17) is 13.8 Å². The van der Waals surface area contributed by atoms with E-state index in [2.05, 4.69) is 63.3 Å². The quantitative estimate of drug-likeness (QED) is 0.0873. The molecule has 262 valence electrons. The summed E-state index contributed by atoms with van der Waals surface area (Å²) in [5.74, 6) is -0.631. The number of nitrogens with zero attached hydrogens (tertiary/aromatic N) is 4. The molecule has 2 aliphatic heterocycles. The van der Waals surface area contributed by atoms with Crippen LogP contribution in [0.15, 0.2) is 84.9 Å². The summed E-state index contributed by atoms with van der Waals surface area (Å²) in [5, 5.41) is 12.0. The number of esters is 1. The molecular weight excluding hydrogens is 655 g/mol. The first kappa shape index (κ1) is 35.7. The number of nitro groups is 1. The average molecular weight is 700 g/mol. The van der Waals surface area contributed by atoms with Crippen LogP contribution in [0.3, 0.4) is 0 Å². The van der Waals surface area contributed by atoms with Gasteiger partial charge < -0.3 is 4.74 Å². The van der Waals surface area contributed by atoms with Gasteiger partial charge in [0.25, 0.3) is 5.69 Å². The van der Waals surface area contributed by atoms with Crippen LogP contribution in [0.1, 0.15) is 52.8 Å². The Bertz CT molecular complexity index is 1780. The molecule has 0 radical (unpaired) electrons. The molecule has 0 spiro atoms. The van der Waals surface area contributed by atoms with Crippen molar-refractivity contribution in [2.24, 2.45) is 5.41 Å². The number of pyridine rings is 1. The molecule has 0 aliphatic carbocycles. The average Bonchev–Trinajstić information content (AvgIpc) is 3.11. The second-order valence-electron chi connectivity index (χ2n) is 13.7. The minimum atomic E-state index is -3.72. The number of carbonyl (C=O) groups is 1. The molecule has 2 fully saturated rings. The van der Waals surface area contributed by atoms with Crippen LogP contribution < -0.4 is 5.30 Å². The highest BCUT2D eigenvalue weighted by molar-refractivity contribution is 7.69. The molecule has 1 N–H and O–H groups in total. The summed E-state index contributed by atoms with van der Waals surface area (Å²) in [6, 6.07) is 27.2. The number of rotatable bonds is 10. The van der Waals surface area contributed by atoms with Gasteiger partial charge in [0.15, 0.2) is 0 Å². The molecule has 0 unspecified atom stereocenters. The van der Waals surface area contributed by atoms with E-state index in [0.717, 1.165) is 26.2 Å². The van der Waals surface area contributed by atoms with Gasteiger partial charge in [-0.25, -0.2) is 4.79 Å². The van der Waals surface area contributed by atoms with E-state index in [9.17, 15) is 19.8 Å². The normalized spacial score (nSPS) is 17.8. The van der Waals surface area contributed by atoms with Crippen molar-refractivity contribution < 1.29 is 28.4 Å². The molecule has 2 saturated heterocycles. The number of benzene rings is 3. The number of aromatic nitrogens is 1. The third kappa shape index (κ3) is 7.78. The van der Waals surface area contributed by atoms with Crippen molar-refractivity contribution in [2.75, 3.05) is 52.5 Å². The number of hydrogen-bond acceptors (Lipinski definition) is 10. The summed E-state index contributed by atoms with van der Waals surface area (Å²) in [4.78, 5) is 46.5. The number of hydrogen-bond donors (Lipinski definition) is 1. The van der Waals surface area contributed by atoms with E-state index in [1.807, 2.05) is 26.0 Å². The Morgan fingerprint density at radius 1 is 0.940 bits per heavy atom. The van der Waals surface area contributed by atoms with Gasteiger partial charge in [-0.3, -0.25) is 24.9 Å². The molecule has 50 heavy (non-hydrogen) atoms. The maximum absolute atomic E-state index is 14.0. The van der Waals surface area contributed by atoms with Crippen LogP contribution in [0.2, 0.25) is 0 Å². The van der Waals surface area contributed by atoms with Gasteiger partial charge in [0.05, 0.1) is 33.5 Å². The fourth-order valence-corrected chi connectivity index (χ4v) is 9.06. The van der Waals surface area contributed by atoms with E-state index in [0.29, 0.717) is 23.5 Å². The van der Waals surface area contributed by atoms with E-state index >= 15 is 0 Å². The molecule has 0 bridgehead atoms. The summed E-state index contributed by atoms with van der Waals surface area (Å²) >= 11 is 0. The van der Waals surface area contributed by atoms with Crippen molar-refractivity contribution in [3.63, 3.8) is 0 Å². The number of aryl methyl sites for hydroxylation is 2. The van der Waals surface area contributed by atoms with Crippen molar-refractivity contribution in [2.45, 2.75) is 33.7 Å². The molecule has 2 aliphatic rings. The molecule has 1 aromatic heterocycles. The van der Waals surface area contributed by atoms with Crippen molar-refractivity contribution in [1.29, 1.82) is 0 Å². The van der Waals surface area contributed by atoms with Gasteiger partial charge in [-0.05, 0) is 30.5 Å². The largest absolute Gasteiger partial charge is 0.461 e. The zero-order chi connectivity index (χ0) is 35.5. The van der Waals surface area contributed by atoms with Crippen LogP contribution >= 0.6 is 7.94 Å². The Kier molecular flexibility index (Phi) is 10.7. The van der Waals surface area contributed by atoms with E-state index in [1.165, 1.54) is 23.3 Å². The van der Waals surface area contributed by atoms with Crippen LogP contribution in [0.25, 0.3) is 11.1 Å². The van der Waals surface area contributed by atoms with Crippen LogP contribution in [0.5, 0.6) is 0 Å². The molecular formula is C38H44N4O7P+. The van der Waals surface area contributed by atoms with E-state index < -0.39 is 18.8 Å². The zero-order valence-electron chi connectivity index (χ0n) is 28.9. The van der Waals surface area contributed by atoms with Gasteiger partial charge in [0.2, 0.25) is 5.30 Å². The topological polar surface area (TPSA) is 128 Å². The number of carbonyl (C=O) groups excluding carboxylic acids is 1. The molecule has 0 amide bonds. The Morgan fingerprint density at radius 2 is 1.54 bits per heavy atom. The highest BCUT2D eigenvalue weighted by atomic mass is 31.2. The third-order valence-electron chi connectivity index (χ3n) is 9.26. The Labute approximate surface area is 293 Å². The SMILES string of the molecule is Cc1nc(C)c([P+]2(O)OCC(C)(C)CO2)c(-c2cccc([N+](=O)[O-])c2)c1C(=O)OCCN1CCN(C(c2ccccc2)c2ccccc2)CC1. The van der Waals surface area contributed by atoms with Crippen molar-refractivity contribution in [1.82, 2.24) is 14.8 Å². The fraction of sp³-hybridized carbons (Fsp3) is 0.368. The minimum absolute atomic E-state index is 0.120. The molecule has 0 atom stereocenters. The van der Waals surface area contributed by atoms with Crippen LogP contribution in [0, 0.1) is 29.4 Å². The first-order valence-corrected chi connectivity index (χ1v) is 18.4. The molecule has 3 aromatic carbocycles. The summed E-state index contributed by atoms with van der Waals surface area (Å²) in [6.07, 6.45) is 0. The lowest BCUT2D eigenvalue weighted by atomic mass is 9.96. The predicted octanol–water partition coefficient (Wildman–Crippen LogP) is 6.29. The van der Waals surface area contributed by atoms with Gasteiger partial charge >= 0.3 is 13.9 Å². The smallest absolute Gasteiger partial charge is 0.448 e. The predicted molar refractivity (Wildman–Crippen MR) is 193 cm³/mol. The standard InChI is InChI=1S/C38H44N4O7P/c1-27-33(34(31-16-11-17-32(24-31)42(44)45)36(28(2)39-27)50(46)48-25-38(3,4)26-49-50)37(43)47-23-22-40-18-20-41(21-19-40)35(29-12-7-5-8-13-29)30-14-9-6-10-15-30/h5-17,24,35,46H,18-23,25-26H2,1-4H3/q+1. The van der Waals surface area contributed by atoms with E-state index in [-0.39, 0.29) is 53.4 Å². The second kappa shape index (κ2) is 15.0. The fourth-order valence-electron chi connectivity index (χ4n) is 6.69. The Balaban J connectivity index is 1.20. The van der Waals surface area contributed by atoms with Gasteiger partial charge in [0.1, 0.15) is 19.8 Å². The zero-order valence-corrected chi connectivity index (χ0v) is 29.8. The number of ether oxygens (including phenoxy) is 1. The number of non-ortho nitro benzene ring substituents is 1. The maximum Gasteiger partial charge on any atom is 0.448 e. The molecule has 11 nitrogen and oxygen atoms in total. The summed E-state index contributed by atoms with van der Waals surface area (Å²) < 4.78 is 17.9. The molecule has 6 rings (SSSR count). The van der Waals surface area contributed by atoms with E-state index in [1.54, 1.807) is 26.0 Å². The monoisotopic (exact) mass is 699 g/mol. The molecule has 0 saturated carbocycles. The summed E-state index contributed by atoms with van der Waals surface area (Å²) in [5.41, 5.74) is 3.57.